The van der Waals surface area contributed by atoms with Crippen molar-refractivity contribution in [3.8, 4) is 5.69 Å². The molecule has 1 heterocycles. The molecule has 4 heteroatoms. The number of benzene rings is 1. The van der Waals surface area contributed by atoms with Gasteiger partial charge in [-0.3, -0.25) is 4.79 Å². The van der Waals surface area contributed by atoms with Crippen LogP contribution in [-0.4, -0.2) is 15.7 Å². The third-order valence-electron chi connectivity index (χ3n) is 2.78. The molecule has 0 aliphatic rings. The SMILES string of the molecule is CC(C)(C)CC(=O)OCc1ccc(-n2cccn2)cc1. The number of hydrogen-bond acceptors (Lipinski definition) is 3. The van der Waals surface area contributed by atoms with Gasteiger partial charge in [0.1, 0.15) is 6.61 Å². The first-order valence-corrected chi connectivity index (χ1v) is 6.69. The third-order valence-corrected chi connectivity index (χ3v) is 2.78. The Bertz CT molecular complexity index is 551. The molecule has 0 saturated carbocycles. The van der Waals surface area contributed by atoms with Crippen LogP contribution in [-0.2, 0) is 16.1 Å². The van der Waals surface area contributed by atoms with E-state index in [4.69, 9.17) is 4.74 Å². The molecular formula is C16H20N2O2. The van der Waals surface area contributed by atoms with Gasteiger partial charge in [0.05, 0.1) is 12.1 Å². The minimum Gasteiger partial charge on any atom is -0.461 e. The second-order valence-electron chi connectivity index (χ2n) is 6.02. The highest BCUT2D eigenvalue weighted by Crippen LogP contribution is 2.19. The Kier molecular flexibility index (Phi) is 4.23. The van der Waals surface area contributed by atoms with Gasteiger partial charge in [-0.2, -0.15) is 5.10 Å². The molecule has 106 valence electrons. The summed E-state index contributed by atoms with van der Waals surface area (Å²) in [4.78, 5) is 11.6. The van der Waals surface area contributed by atoms with E-state index in [0.29, 0.717) is 13.0 Å². The van der Waals surface area contributed by atoms with Gasteiger partial charge in [0.25, 0.3) is 0 Å². The number of nitrogens with zero attached hydrogens (tertiary/aromatic N) is 2. The standard InChI is InChI=1S/C16H20N2O2/c1-16(2,3)11-15(19)20-12-13-5-7-14(8-6-13)18-10-4-9-17-18/h4-10H,11-12H2,1-3H3. The maximum Gasteiger partial charge on any atom is 0.306 e. The van der Waals surface area contributed by atoms with Crippen LogP contribution in [0.1, 0.15) is 32.8 Å². The first-order valence-electron chi connectivity index (χ1n) is 6.69. The van der Waals surface area contributed by atoms with Crippen molar-refractivity contribution in [1.82, 2.24) is 9.78 Å². The quantitative estimate of drug-likeness (QED) is 0.802. The zero-order valence-corrected chi connectivity index (χ0v) is 12.2. The molecule has 0 spiro atoms. The van der Waals surface area contributed by atoms with Crippen LogP contribution in [0.3, 0.4) is 0 Å². The minimum absolute atomic E-state index is 0.0406. The molecule has 0 aliphatic carbocycles. The average molecular weight is 272 g/mol. The highest BCUT2D eigenvalue weighted by Gasteiger charge is 2.16. The molecule has 20 heavy (non-hydrogen) atoms. The molecule has 2 aromatic rings. The summed E-state index contributed by atoms with van der Waals surface area (Å²) < 4.78 is 7.06. The van der Waals surface area contributed by atoms with E-state index in [1.54, 1.807) is 10.9 Å². The van der Waals surface area contributed by atoms with Gasteiger partial charge >= 0.3 is 5.97 Å². The van der Waals surface area contributed by atoms with Gasteiger partial charge in [0.15, 0.2) is 0 Å². The molecule has 0 N–H and O–H groups in total. The minimum atomic E-state index is -0.159. The fourth-order valence-corrected chi connectivity index (χ4v) is 1.81. The van der Waals surface area contributed by atoms with Crippen LogP contribution in [0, 0.1) is 5.41 Å². The molecule has 0 atom stereocenters. The molecule has 0 fully saturated rings. The smallest absolute Gasteiger partial charge is 0.306 e. The number of ether oxygens (including phenoxy) is 1. The number of carbonyl (C=O) groups excluding carboxylic acids is 1. The normalized spacial score (nSPS) is 11.3. The predicted octanol–water partition coefficient (Wildman–Crippen LogP) is 3.35. The molecule has 1 aromatic heterocycles. The Balaban J connectivity index is 1.90. The van der Waals surface area contributed by atoms with Gasteiger partial charge in [-0.1, -0.05) is 32.9 Å². The van der Waals surface area contributed by atoms with Crippen LogP contribution in [0.25, 0.3) is 5.69 Å². The Morgan fingerprint density at radius 3 is 2.50 bits per heavy atom. The third kappa shape index (κ3) is 4.23. The second-order valence-corrected chi connectivity index (χ2v) is 6.02. The molecule has 1 aromatic carbocycles. The van der Waals surface area contributed by atoms with Crippen LogP contribution >= 0.6 is 0 Å². The maximum atomic E-state index is 11.6. The molecule has 2 rings (SSSR count). The van der Waals surface area contributed by atoms with E-state index in [2.05, 4.69) is 5.10 Å². The number of carbonyl (C=O) groups is 1. The van der Waals surface area contributed by atoms with E-state index in [-0.39, 0.29) is 11.4 Å². The first kappa shape index (κ1) is 14.3. The highest BCUT2D eigenvalue weighted by atomic mass is 16.5. The van der Waals surface area contributed by atoms with E-state index in [0.717, 1.165) is 11.3 Å². The zero-order valence-electron chi connectivity index (χ0n) is 12.2. The second kappa shape index (κ2) is 5.90. The van der Waals surface area contributed by atoms with E-state index >= 15 is 0 Å². The number of rotatable bonds is 4. The van der Waals surface area contributed by atoms with Crippen molar-refractivity contribution in [2.75, 3.05) is 0 Å². The van der Waals surface area contributed by atoms with Gasteiger partial charge in [-0.15, -0.1) is 0 Å². The summed E-state index contributed by atoms with van der Waals surface area (Å²) in [6.07, 6.45) is 4.05. The molecule has 0 saturated heterocycles. The van der Waals surface area contributed by atoms with Crippen LogP contribution in [0.15, 0.2) is 42.7 Å². The van der Waals surface area contributed by atoms with Crippen molar-refractivity contribution in [2.24, 2.45) is 5.41 Å². The Hall–Kier alpha value is -2.10. The summed E-state index contributed by atoms with van der Waals surface area (Å²) in [7, 11) is 0. The lowest BCUT2D eigenvalue weighted by atomic mass is 9.92. The number of aromatic nitrogens is 2. The van der Waals surface area contributed by atoms with Crippen molar-refractivity contribution in [2.45, 2.75) is 33.8 Å². The van der Waals surface area contributed by atoms with Crippen molar-refractivity contribution >= 4 is 5.97 Å². The Morgan fingerprint density at radius 2 is 1.95 bits per heavy atom. The van der Waals surface area contributed by atoms with Crippen LogP contribution in [0.2, 0.25) is 0 Å². The fourth-order valence-electron chi connectivity index (χ4n) is 1.81. The van der Waals surface area contributed by atoms with E-state index < -0.39 is 0 Å². The molecule has 0 amide bonds. The molecule has 0 radical (unpaired) electrons. The topological polar surface area (TPSA) is 44.1 Å². The lowest BCUT2D eigenvalue weighted by Gasteiger charge is -2.16. The fraction of sp³-hybridized carbons (Fsp3) is 0.375. The van der Waals surface area contributed by atoms with Gasteiger partial charge in [0.2, 0.25) is 0 Å². The predicted molar refractivity (Wildman–Crippen MR) is 77.4 cm³/mol. The molecular weight excluding hydrogens is 252 g/mol. The summed E-state index contributed by atoms with van der Waals surface area (Å²) in [5.41, 5.74) is 1.92. The monoisotopic (exact) mass is 272 g/mol. The zero-order chi connectivity index (χ0) is 14.6. The van der Waals surface area contributed by atoms with Crippen molar-refractivity contribution < 1.29 is 9.53 Å². The van der Waals surface area contributed by atoms with E-state index in [9.17, 15) is 4.79 Å². The summed E-state index contributed by atoms with van der Waals surface area (Å²) >= 11 is 0. The van der Waals surface area contributed by atoms with Crippen molar-refractivity contribution in [3.05, 3.63) is 48.3 Å². The van der Waals surface area contributed by atoms with Gasteiger partial charge in [-0.25, -0.2) is 4.68 Å². The number of hydrogen-bond donors (Lipinski definition) is 0. The number of esters is 1. The summed E-state index contributed by atoms with van der Waals surface area (Å²) in [5, 5.41) is 4.16. The van der Waals surface area contributed by atoms with Crippen LogP contribution < -0.4 is 0 Å². The van der Waals surface area contributed by atoms with E-state index in [1.807, 2.05) is 57.3 Å². The summed E-state index contributed by atoms with van der Waals surface area (Å²) in [6, 6.07) is 9.69. The highest BCUT2D eigenvalue weighted by molar-refractivity contribution is 5.70. The van der Waals surface area contributed by atoms with Gasteiger partial charge < -0.3 is 4.74 Å². The largest absolute Gasteiger partial charge is 0.461 e. The van der Waals surface area contributed by atoms with Crippen molar-refractivity contribution in [3.63, 3.8) is 0 Å². The lowest BCUT2D eigenvalue weighted by molar-refractivity contribution is -0.147. The summed E-state index contributed by atoms with van der Waals surface area (Å²) in [6.45, 7) is 6.38. The van der Waals surface area contributed by atoms with Crippen LogP contribution in [0.5, 0.6) is 0 Å². The maximum absolute atomic E-state index is 11.6. The van der Waals surface area contributed by atoms with Crippen LogP contribution in [0.4, 0.5) is 0 Å². The summed E-state index contributed by atoms with van der Waals surface area (Å²) in [5.74, 6) is -0.159. The average Bonchev–Trinajstić information content (AvgIpc) is 2.89. The Morgan fingerprint density at radius 1 is 1.25 bits per heavy atom. The van der Waals surface area contributed by atoms with E-state index in [1.165, 1.54) is 0 Å². The molecule has 4 nitrogen and oxygen atoms in total. The van der Waals surface area contributed by atoms with Gasteiger partial charge in [-0.05, 0) is 29.2 Å². The molecule has 0 aliphatic heterocycles. The molecule has 0 bridgehead atoms. The first-order chi connectivity index (χ1) is 9.44. The van der Waals surface area contributed by atoms with Gasteiger partial charge in [0, 0.05) is 12.4 Å². The lowest BCUT2D eigenvalue weighted by Crippen LogP contribution is -2.15. The molecule has 0 unspecified atom stereocenters. The van der Waals surface area contributed by atoms with Crippen molar-refractivity contribution in [1.29, 1.82) is 0 Å². The Labute approximate surface area is 119 Å².